The number of urea groups is 1. The fourth-order valence-corrected chi connectivity index (χ4v) is 6.91. The van der Waals surface area contributed by atoms with E-state index in [1.54, 1.807) is 25.3 Å². The molecule has 2 aliphatic heterocycles. The van der Waals surface area contributed by atoms with Crippen LogP contribution < -0.4 is 16.0 Å². The summed E-state index contributed by atoms with van der Waals surface area (Å²) in [4.78, 5) is 41.0. The standard InChI is InChI=1S/C31H47N5O6S/c1-23-21-25(35(3)30(32)40)22-24(2)26(23)15-20-43(41,42)36-18-16-31(17-19-36)29(39)33-27(34-31)13-11-9-7-5-4-6-8-10-12-14-28(37)38/h15,20-22H,4-14,16-19H2,1-3H3,(H2,32,40)(H,37,38)(H,33,34,39)/b20-15+. The van der Waals surface area contributed by atoms with Crippen LogP contribution in [0.4, 0.5) is 10.5 Å². The van der Waals surface area contributed by atoms with Gasteiger partial charge in [-0.1, -0.05) is 44.9 Å². The predicted molar refractivity (Wildman–Crippen MR) is 169 cm³/mol. The number of amidine groups is 1. The summed E-state index contributed by atoms with van der Waals surface area (Å²) in [6.45, 7) is 4.14. The van der Waals surface area contributed by atoms with E-state index in [9.17, 15) is 22.8 Å². The second kappa shape index (κ2) is 15.5. The van der Waals surface area contributed by atoms with Crippen molar-refractivity contribution in [1.29, 1.82) is 0 Å². The molecular weight excluding hydrogens is 570 g/mol. The number of carbonyl (C=O) groups excluding carboxylic acids is 2. The van der Waals surface area contributed by atoms with Crippen molar-refractivity contribution in [3.63, 3.8) is 0 Å². The predicted octanol–water partition coefficient (Wildman–Crippen LogP) is 4.86. The largest absolute Gasteiger partial charge is 0.481 e. The number of nitrogens with two attached hydrogens (primary N) is 1. The molecule has 2 heterocycles. The summed E-state index contributed by atoms with van der Waals surface area (Å²) >= 11 is 0. The van der Waals surface area contributed by atoms with Gasteiger partial charge in [0.1, 0.15) is 11.4 Å². The fourth-order valence-electron chi connectivity index (χ4n) is 5.73. The van der Waals surface area contributed by atoms with Crippen molar-refractivity contribution in [2.45, 2.75) is 103 Å². The first-order valence-electron chi connectivity index (χ1n) is 15.3. The first-order chi connectivity index (χ1) is 20.3. The first-order valence-corrected chi connectivity index (χ1v) is 16.8. The number of sulfonamides is 1. The number of hydrogen-bond acceptors (Lipinski definition) is 6. The number of aliphatic imine (C=N–C) groups is 1. The van der Waals surface area contributed by atoms with E-state index in [0.717, 1.165) is 74.5 Å². The van der Waals surface area contributed by atoms with Crippen LogP contribution in [0.25, 0.3) is 6.08 Å². The van der Waals surface area contributed by atoms with Crippen molar-refractivity contribution in [1.82, 2.24) is 9.62 Å². The number of carboxylic acid groups (broad SMARTS) is 1. The summed E-state index contributed by atoms with van der Waals surface area (Å²) in [5.41, 5.74) is 7.52. The van der Waals surface area contributed by atoms with E-state index in [4.69, 9.17) is 15.8 Å². The number of rotatable bonds is 16. The molecule has 3 rings (SSSR count). The van der Waals surface area contributed by atoms with Gasteiger partial charge in [0.25, 0.3) is 5.91 Å². The van der Waals surface area contributed by atoms with Crippen molar-refractivity contribution < 1.29 is 27.9 Å². The third-order valence-corrected chi connectivity index (χ3v) is 10.0. The lowest BCUT2D eigenvalue weighted by atomic mass is 9.89. The number of nitrogens with zero attached hydrogens (tertiary/aromatic N) is 3. The van der Waals surface area contributed by atoms with Gasteiger partial charge < -0.3 is 16.2 Å². The maximum absolute atomic E-state index is 13.1. The van der Waals surface area contributed by atoms with Crippen LogP contribution in [0.2, 0.25) is 0 Å². The van der Waals surface area contributed by atoms with E-state index in [0.29, 0.717) is 30.8 Å². The molecule has 12 heteroatoms. The number of nitrogens with one attached hydrogen (secondary N) is 1. The maximum atomic E-state index is 13.1. The molecule has 0 saturated carbocycles. The zero-order chi connectivity index (χ0) is 31.6. The highest BCUT2D eigenvalue weighted by molar-refractivity contribution is 7.92. The average Bonchev–Trinajstić information content (AvgIpc) is 3.24. The molecule has 1 saturated heterocycles. The molecule has 3 amide bonds. The van der Waals surface area contributed by atoms with Crippen molar-refractivity contribution in [3.05, 3.63) is 34.2 Å². The molecule has 0 aliphatic carbocycles. The van der Waals surface area contributed by atoms with Crippen molar-refractivity contribution in [2.75, 3.05) is 25.0 Å². The summed E-state index contributed by atoms with van der Waals surface area (Å²) < 4.78 is 27.7. The van der Waals surface area contributed by atoms with Crippen LogP contribution in [-0.4, -0.2) is 67.2 Å². The minimum absolute atomic E-state index is 0.134. The zero-order valence-electron chi connectivity index (χ0n) is 25.7. The second-order valence-corrected chi connectivity index (χ2v) is 13.6. The molecule has 0 radical (unpaired) electrons. The normalized spacial score (nSPS) is 16.9. The summed E-state index contributed by atoms with van der Waals surface area (Å²) in [6, 6.07) is 3.00. The molecule has 0 aromatic heterocycles. The fraction of sp³-hybridized carbons (Fsp3) is 0.613. The lowest BCUT2D eigenvalue weighted by Gasteiger charge is -2.34. The lowest BCUT2D eigenvalue weighted by Crippen LogP contribution is -2.50. The van der Waals surface area contributed by atoms with Crippen LogP contribution >= 0.6 is 0 Å². The minimum Gasteiger partial charge on any atom is -0.481 e. The Kier molecular flexibility index (Phi) is 12.3. The van der Waals surface area contributed by atoms with Crippen molar-refractivity contribution in [3.8, 4) is 0 Å². The van der Waals surface area contributed by atoms with Gasteiger partial charge in [-0.3, -0.25) is 19.5 Å². The number of benzene rings is 1. The maximum Gasteiger partial charge on any atom is 0.318 e. The number of aliphatic carboxylic acids is 1. The summed E-state index contributed by atoms with van der Waals surface area (Å²) in [7, 11) is -2.12. The van der Waals surface area contributed by atoms with Crippen LogP contribution in [0.15, 0.2) is 22.5 Å². The highest BCUT2D eigenvalue weighted by Gasteiger charge is 2.46. The quantitative estimate of drug-likeness (QED) is 0.224. The molecule has 1 spiro atoms. The molecule has 4 N–H and O–H groups in total. The van der Waals surface area contributed by atoms with Crippen LogP contribution in [0, 0.1) is 13.8 Å². The Morgan fingerprint density at radius 3 is 2.09 bits per heavy atom. The second-order valence-electron chi connectivity index (χ2n) is 11.8. The van der Waals surface area contributed by atoms with Gasteiger partial charge in [0.15, 0.2) is 0 Å². The Morgan fingerprint density at radius 2 is 1.56 bits per heavy atom. The number of aryl methyl sites for hydroxylation is 2. The minimum atomic E-state index is -3.70. The Bertz CT molecular complexity index is 1310. The monoisotopic (exact) mass is 617 g/mol. The molecule has 0 unspecified atom stereocenters. The lowest BCUT2D eigenvalue weighted by molar-refractivity contribution is -0.137. The Labute approximate surface area is 255 Å². The molecule has 11 nitrogen and oxygen atoms in total. The Morgan fingerprint density at radius 1 is 1.02 bits per heavy atom. The van der Waals surface area contributed by atoms with Crippen LogP contribution in [0.3, 0.4) is 0 Å². The molecule has 0 atom stereocenters. The number of piperidine rings is 1. The Hall–Kier alpha value is -3.25. The van der Waals surface area contributed by atoms with Gasteiger partial charge in [-0.05, 0) is 74.4 Å². The van der Waals surface area contributed by atoms with Gasteiger partial charge in [-0.15, -0.1) is 0 Å². The van der Waals surface area contributed by atoms with Crippen molar-refractivity contribution >= 4 is 45.5 Å². The van der Waals surface area contributed by atoms with Gasteiger partial charge in [0, 0.05) is 44.1 Å². The van der Waals surface area contributed by atoms with Crippen LogP contribution in [0.1, 0.15) is 100 Å². The summed E-state index contributed by atoms with van der Waals surface area (Å²) in [6.07, 6.45) is 12.6. The molecule has 1 aromatic carbocycles. The van der Waals surface area contributed by atoms with Crippen molar-refractivity contribution in [2.24, 2.45) is 10.7 Å². The van der Waals surface area contributed by atoms with E-state index in [1.807, 2.05) is 13.8 Å². The van der Waals surface area contributed by atoms with E-state index in [1.165, 1.54) is 14.6 Å². The number of carboxylic acids is 1. The molecule has 43 heavy (non-hydrogen) atoms. The Balaban J connectivity index is 1.45. The highest BCUT2D eigenvalue weighted by Crippen LogP contribution is 2.32. The van der Waals surface area contributed by atoms with E-state index >= 15 is 0 Å². The number of amides is 3. The molecular formula is C31H47N5O6S. The van der Waals surface area contributed by atoms with Gasteiger partial charge in [-0.2, -0.15) is 4.31 Å². The summed E-state index contributed by atoms with van der Waals surface area (Å²) in [5.74, 6) is -0.153. The number of anilines is 1. The zero-order valence-corrected chi connectivity index (χ0v) is 26.5. The van der Waals surface area contributed by atoms with Gasteiger partial charge in [0.2, 0.25) is 10.0 Å². The SMILES string of the molecule is Cc1cc(N(C)C(N)=O)cc(C)c1/C=C/S(=O)(=O)N1CCC2(CC1)N=C(CCCCCCCCCCCC(=O)O)NC2=O. The number of primary amides is 1. The van der Waals surface area contributed by atoms with Gasteiger partial charge in [0.05, 0.1) is 0 Å². The van der Waals surface area contributed by atoms with Crippen LogP contribution in [0.5, 0.6) is 0 Å². The molecule has 238 valence electrons. The van der Waals surface area contributed by atoms with Gasteiger partial charge >= 0.3 is 12.0 Å². The topological polar surface area (TPSA) is 162 Å². The molecule has 2 aliphatic rings. The van der Waals surface area contributed by atoms with Gasteiger partial charge in [-0.25, -0.2) is 13.2 Å². The first kappa shape index (κ1) is 34.2. The number of hydrogen-bond donors (Lipinski definition) is 3. The molecule has 1 fully saturated rings. The number of carbonyl (C=O) groups is 3. The van der Waals surface area contributed by atoms with Crippen LogP contribution in [-0.2, 0) is 19.6 Å². The smallest absolute Gasteiger partial charge is 0.318 e. The third kappa shape index (κ3) is 9.62. The summed E-state index contributed by atoms with van der Waals surface area (Å²) in [5, 5.41) is 12.8. The highest BCUT2D eigenvalue weighted by atomic mass is 32.2. The molecule has 0 bridgehead atoms. The van der Waals surface area contributed by atoms with E-state index in [-0.39, 0.29) is 25.4 Å². The average molecular weight is 618 g/mol. The number of unbranched alkanes of at least 4 members (excludes halogenated alkanes) is 8. The third-order valence-electron chi connectivity index (χ3n) is 8.45. The molecule has 1 aromatic rings. The van der Waals surface area contributed by atoms with E-state index in [2.05, 4.69) is 5.32 Å². The van der Waals surface area contributed by atoms with E-state index < -0.39 is 27.6 Å².